The van der Waals surface area contributed by atoms with Crippen LogP contribution in [0.3, 0.4) is 0 Å². The highest BCUT2D eigenvalue weighted by Crippen LogP contribution is 2.43. The maximum Gasteiger partial charge on any atom is 0.343 e. The van der Waals surface area contributed by atoms with Crippen LogP contribution in [-0.2, 0) is 11.2 Å². The Hall–Kier alpha value is -2.38. The number of thiophene rings is 1. The lowest BCUT2D eigenvalue weighted by atomic mass is 10.1. The molecule has 0 fully saturated rings. The number of methoxy groups -OCH3 is 1. The highest BCUT2D eigenvalue weighted by molar-refractivity contribution is 7.19. The number of rotatable bonds is 4. The Morgan fingerprint density at radius 2 is 2.28 bits per heavy atom. The molecule has 1 aliphatic heterocycles. The van der Waals surface area contributed by atoms with Crippen molar-refractivity contribution < 1.29 is 9.47 Å². The molecule has 0 bridgehead atoms. The summed E-state index contributed by atoms with van der Waals surface area (Å²) in [7, 11) is 1.63. The van der Waals surface area contributed by atoms with E-state index < -0.39 is 0 Å². The molecule has 130 valence electrons. The zero-order valence-corrected chi connectivity index (χ0v) is 14.9. The van der Waals surface area contributed by atoms with Crippen LogP contribution in [0.1, 0.15) is 18.5 Å². The van der Waals surface area contributed by atoms with Crippen molar-refractivity contribution in [2.45, 2.75) is 19.4 Å². The number of nitrogens with one attached hydrogen (secondary N) is 1. The van der Waals surface area contributed by atoms with Gasteiger partial charge in [-0.2, -0.15) is 5.10 Å². The lowest BCUT2D eigenvalue weighted by Gasteiger charge is -2.12. The summed E-state index contributed by atoms with van der Waals surface area (Å²) in [5, 5.41) is 6.83. The van der Waals surface area contributed by atoms with Gasteiger partial charge in [-0.3, -0.25) is 4.57 Å². The fraction of sp³-hybridized carbons (Fsp3) is 0.333. The molecule has 7 heteroatoms. The average molecular weight is 357 g/mol. The van der Waals surface area contributed by atoms with E-state index in [1.807, 2.05) is 25.1 Å². The van der Waals surface area contributed by atoms with E-state index in [-0.39, 0.29) is 11.7 Å². The first-order valence-electron chi connectivity index (χ1n) is 8.20. The maximum atomic E-state index is 12.2. The molecule has 0 unspecified atom stereocenters. The van der Waals surface area contributed by atoms with E-state index in [9.17, 15) is 4.79 Å². The van der Waals surface area contributed by atoms with Crippen LogP contribution < -0.4 is 10.4 Å². The van der Waals surface area contributed by atoms with Gasteiger partial charge in [0.2, 0.25) is 0 Å². The van der Waals surface area contributed by atoms with Crippen molar-refractivity contribution in [3.05, 3.63) is 46.4 Å². The van der Waals surface area contributed by atoms with Gasteiger partial charge >= 0.3 is 5.69 Å². The van der Waals surface area contributed by atoms with Gasteiger partial charge in [-0.1, -0.05) is 12.1 Å². The molecule has 4 rings (SSSR count). The summed E-state index contributed by atoms with van der Waals surface area (Å²) < 4.78 is 12.7. The molecule has 3 heterocycles. The summed E-state index contributed by atoms with van der Waals surface area (Å²) in [4.78, 5) is 14.4. The molecule has 25 heavy (non-hydrogen) atoms. The van der Waals surface area contributed by atoms with Crippen molar-refractivity contribution in [2.75, 3.05) is 20.3 Å². The van der Waals surface area contributed by atoms with Crippen LogP contribution >= 0.6 is 11.3 Å². The topological polar surface area (TPSA) is 69.1 Å². The number of hydrogen-bond acceptors (Lipinski definition) is 5. The monoisotopic (exact) mass is 357 g/mol. The van der Waals surface area contributed by atoms with Crippen LogP contribution in [0.15, 0.2) is 35.1 Å². The average Bonchev–Trinajstić information content (AvgIpc) is 3.15. The Kier molecular flexibility index (Phi) is 4.19. The minimum atomic E-state index is -0.216. The summed E-state index contributed by atoms with van der Waals surface area (Å²) in [6, 6.07) is 10.1. The summed E-state index contributed by atoms with van der Waals surface area (Å²) in [6.07, 6.45) is 0.836. The van der Waals surface area contributed by atoms with E-state index >= 15 is 0 Å². The molecule has 0 spiro atoms. The number of ether oxygens (including phenoxy) is 2. The number of H-pyrrole nitrogens is 1. The van der Waals surface area contributed by atoms with Crippen LogP contribution in [-0.4, -0.2) is 35.1 Å². The predicted molar refractivity (Wildman–Crippen MR) is 97.4 cm³/mol. The van der Waals surface area contributed by atoms with E-state index in [2.05, 4.69) is 22.3 Å². The molecule has 1 aliphatic rings. The lowest BCUT2D eigenvalue weighted by Crippen LogP contribution is -2.24. The van der Waals surface area contributed by atoms with Gasteiger partial charge in [-0.25, -0.2) is 9.89 Å². The van der Waals surface area contributed by atoms with Crippen LogP contribution in [0.25, 0.3) is 21.1 Å². The van der Waals surface area contributed by atoms with Crippen LogP contribution in [0, 0.1) is 0 Å². The first-order chi connectivity index (χ1) is 12.2. The Balaban J connectivity index is 1.83. The van der Waals surface area contributed by atoms with Crippen LogP contribution in [0.5, 0.6) is 5.75 Å². The largest absolute Gasteiger partial charge is 0.493 e. The molecule has 1 aromatic carbocycles. The summed E-state index contributed by atoms with van der Waals surface area (Å²) in [5.41, 5.74) is 2.11. The molecular formula is C18H19N3O3S. The van der Waals surface area contributed by atoms with Crippen molar-refractivity contribution >= 4 is 11.3 Å². The smallest absolute Gasteiger partial charge is 0.343 e. The summed E-state index contributed by atoms with van der Waals surface area (Å²) >= 11 is 1.64. The summed E-state index contributed by atoms with van der Waals surface area (Å²) in [5.74, 6) is 1.56. The van der Waals surface area contributed by atoms with Gasteiger partial charge in [0.25, 0.3) is 0 Å². The second-order valence-corrected chi connectivity index (χ2v) is 7.14. The van der Waals surface area contributed by atoms with Gasteiger partial charge in [-0.05, 0) is 30.7 Å². The third kappa shape index (κ3) is 2.79. The van der Waals surface area contributed by atoms with E-state index in [0.717, 1.165) is 22.6 Å². The molecule has 0 amide bonds. The second kappa shape index (κ2) is 6.50. The number of para-hydroxylation sites is 1. The Bertz CT molecular complexity index is 957. The molecule has 0 aliphatic carbocycles. The van der Waals surface area contributed by atoms with Crippen molar-refractivity contribution in [1.82, 2.24) is 14.8 Å². The predicted octanol–water partition coefficient (Wildman–Crippen LogP) is 3.11. The van der Waals surface area contributed by atoms with Crippen LogP contribution in [0.4, 0.5) is 0 Å². The highest BCUT2D eigenvalue weighted by Gasteiger charge is 2.23. The normalized spacial score (nSPS) is 14.3. The van der Waals surface area contributed by atoms with Crippen LogP contribution in [0.2, 0.25) is 0 Å². The molecule has 1 atom stereocenters. The number of aromatic nitrogens is 3. The maximum absolute atomic E-state index is 12.2. The SMILES string of the molecule is COC[C@@H](C)n1c(-c2cc3c(s2)-c2ccccc2OCC3)n[nH]c1=O. The number of benzene rings is 1. The van der Waals surface area contributed by atoms with E-state index in [0.29, 0.717) is 19.0 Å². The Morgan fingerprint density at radius 1 is 1.44 bits per heavy atom. The van der Waals surface area contributed by atoms with E-state index in [1.165, 1.54) is 10.4 Å². The first kappa shape index (κ1) is 16.1. The quantitative estimate of drug-likeness (QED) is 0.779. The van der Waals surface area contributed by atoms with Crippen molar-refractivity contribution in [2.24, 2.45) is 0 Å². The van der Waals surface area contributed by atoms with Gasteiger partial charge in [0.15, 0.2) is 5.82 Å². The number of nitrogens with zero attached hydrogens (tertiary/aromatic N) is 2. The molecular weight excluding hydrogens is 338 g/mol. The van der Waals surface area contributed by atoms with Gasteiger partial charge in [0.1, 0.15) is 5.75 Å². The van der Waals surface area contributed by atoms with Crippen molar-refractivity contribution in [3.8, 4) is 26.9 Å². The zero-order chi connectivity index (χ0) is 17.4. The standard InChI is InChI=1S/C18H19N3O3S/c1-11(10-23-2)21-17(19-20-18(21)22)15-9-12-7-8-24-14-6-4-3-5-13(14)16(12)25-15/h3-6,9,11H,7-8,10H2,1-2H3,(H,20,22)/t11-/m1/s1. The van der Waals surface area contributed by atoms with Crippen molar-refractivity contribution in [1.29, 1.82) is 0 Å². The third-order valence-electron chi connectivity index (χ3n) is 4.34. The summed E-state index contributed by atoms with van der Waals surface area (Å²) in [6.45, 7) is 3.05. The molecule has 0 radical (unpaired) electrons. The van der Waals surface area contributed by atoms with Gasteiger partial charge < -0.3 is 9.47 Å². The van der Waals surface area contributed by atoms with Gasteiger partial charge in [-0.15, -0.1) is 11.3 Å². The fourth-order valence-electron chi connectivity index (χ4n) is 3.21. The molecule has 0 saturated heterocycles. The highest BCUT2D eigenvalue weighted by atomic mass is 32.1. The minimum Gasteiger partial charge on any atom is -0.493 e. The van der Waals surface area contributed by atoms with E-state index in [4.69, 9.17) is 9.47 Å². The molecule has 3 aromatic rings. The number of aromatic amines is 1. The Morgan fingerprint density at radius 3 is 3.12 bits per heavy atom. The second-order valence-electron chi connectivity index (χ2n) is 6.09. The number of hydrogen-bond donors (Lipinski definition) is 1. The third-order valence-corrected chi connectivity index (χ3v) is 5.55. The lowest BCUT2D eigenvalue weighted by molar-refractivity contribution is 0.161. The van der Waals surface area contributed by atoms with Gasteiger partial charge in [0.05, 0.1) is 24.1 Å². The molecule has 2 aromatic heterocycles. The Labute approximate surface area is 149 Å². The van der Waals surface area contributed by atoms with Gasteiger partial charge in [0, 0.05) is 24.0 Å². The number of fused-ring (bicyclic) bond motifs is 3. The molecule has 1 N–H and O–H groups in total. The first-order valence-corrected chi connectivity index (χ1v) is 9.02. The van der Waals surface area contributed by atoms with Crippen molar-refractivity contribution in [3.63, 3.8) is 0 Å². The molecule has 0 saturated carbocycles. The fourth-order valence-corrected chi connectivity index (χ4v) is 4.43. The minimum absolute atomic E-state index is 0.0937. The molecule has 6 nitrogen and oxygen atoms in total. The van der Waals surface area contributed by atoms with E-state index in [1.54, 1.807) is 23.0 Å². The zero-order valence-electron chi connectivity index (χ0n) is 14.1.